The van der Waals surface area contributed by atoms with Crippen molar-refractivity contribution in [1.29, 1.82) is 0 Å². The van der Waals surface area contributed by atoms with E-state index in [0.717, 1.165) is 73.6 Å². The molecule has 0 aliphatic heterocycles. The minimum atomic E-state index is -4.57. The van der Waals surface area contributed by atoms with Crippen molar-refractivity contribution in [2.45, 2.75) is 80.8 Å². The van der Waals surface area contributed by atoms with Gasteiger partial charge in [0.15, 0.2) is 25.0 Å². The van der Waals surface area contributed by atoms with Gasteiger partial charge < -0.3 is 31.0 Å². The second kappa shape index (κ2) is 34.9. The average Bonchev–Trinajstić information content (AvgIpc) is 1.64. The Labute approximate surface area is 544 Å². The fraction of sp³-hybridized carbons (Fsp3) is 0.211. The van der Waals surface area contributed by atoms with Gasteiger partial charge in [0.25, 0.3) is 23.6 Å². The highest BCUT2D eigenvalue weighted by Crippen LogP contribution is 2.39. The molecule has 92 heavy (non-hydrogen) atoms. The molecule has 0 aliphatic carbocycles. The third-order valence-corrected chi connectivity index (χ3v) is 17.0. The Hall–Kier alpha value is -9.94. The Bertz CT molecular complexity index is 3960. The molecule has 0 saturated heterocycles. The van der Waals surface area contributed by atoms with E-state index < -0.39 is 48.2 Å². The van der Waals surface area contributed by atoms with Gasteiger partial charge in [-0.2, -0.15) is 13.2 Å². The van der Waals surface area contributed by atoms with Crippen LogP contribution in [0.3, 0.4) is 0 Å². The van der Waals surface area contributed by atoms with Crippen molar-refractivity contribution >= 4 is 151 Å². The zero-order valence-electron chi connectivity index (χ0n) is 48.2. The van der Waals surface area contributed by atoms with Gasteiger partial charge in [0, 0.05) is 72.3 Å². The van der Waals surface area contributed by atoms with E-state index in [0.29, 0.717) is 38.4 Å². The Morgan fingerprint density at radius 1 is 0.467 bits per heavy atom. The van der Waals surface area contributed by atoms with Crippen LogP contribution in [0, 0.1) is 85.2 Å². The van der Waals surface area contributed by atoms with E-state index in [2.05, 4.69) is 33.5 Å². The molecule has 35 heteroatoms. The standard InChI is InChI=1S/C13H9F3N2O3S.C12H10N2O3S.C11H16N2O3S.C10H8N2O4S.C10H8N2O3S2.CH4/c1-7-5-10(18(20)21)12(22-7)17-11(19)8-3-2-4-9(6-8)13(14,15)16;1-8-7-10(14(16)17)12(18-8)13-11(15)9-5-3-2-4-6-9;1-3-4-5-6-10(14)12-11-9(13(15)16)7-8(2)17-11;1-6-4-8(12(14)15)10(17-6)11-9(13)7-2-3-16-5-7;1-6-5-7(12(14)15)10(17-6)11-9(13)8-3-2-4-16-8;/h2-6H,1H3,(H,17,19);2-7H,1H3,(H,13,15);7H,3-6H2,1-2H3,(H,12,14);2*2-5H,1H3,(H,11,13);1H4. The number of nitro groups is 5. The number of unbranched alkanes of at least 4 members (excludes halogenated alkanes) is 2. The smallest absolute Gasteiger partial charge is 0.416 e. The zero-order valence-corrected chi connectivity index (χ0v) is 53.1. The minimum Gasteiger partial charge on any atom is -0.472 e. The van der Waals surface area contributed by atoms with Crippen molar-refractivity contribution in [2.75, 3.05) is 26.6 Å². The van der Waals surface area contributed by atoms with E-state index in [-0.39, 0.29) is 79.2 Å². The lowest BCUT2D eigenvalue weighted by molar-refractivity contribution is -0.383. The molecular formula is C57H55F3N10O16S6. The summed E-state index contributed by atoms with van der Waals surface area (Å²) in [7, 11) is 0. The molecule has 5 amide bonds. The number of aryl methyl sites for hydroxylation is 5. The number of carbonyl (C=O) groups is 5. The molecule has 26 nitrogen and oxygen atoms in total. The maximum Gasteiger partial charge on any atom is 0.416 e. The van der Waals surface area contributed by atoms with Gasteiger partial charge in [0.1, 0.15) is 6.26 Å². The first kappa shape index (κ1) is 74.5. The summed E-state index contributed by atoms with van der Waals surface area (Å²) in [6, 6.07) is 24.4. The monoisotopic (exact) mass is 1380 g/mol. The van der Waals surface area contributed by atoms with E-state index in [4.69, 9.17) is 4.42 Å². The highest BCUT2D eigenvalue weighted by molar-refractivity contribution is 7.18. The molecule has 0 saturated carbocycles. The van der Waals surface area contributed by atoms with Crippen LogP contribution >= 0.6 is 68.0 Å². The third kappa shape index (κ3) is 22.5. The van der Waals surface area contributed by atoms with Gasteiger partial charge in [0.2, 0.25) is 5.91 Å². The number of halogens is 3. The van der Waals surface area contributed by atoms with Crippen LogP contribution in [0.4, 0.5) is 66.6 Å². The van der Waals surface area contributed by atoms with Gasteiger partial charge >= 0.3 is 34.6 Å². The lowest BCUT2D eigenvalue weighted by atomic mass is 10.1. The summed E-state index contributed by atoms with van der Waals surface area (Å²) >= 11 is 7.07. The molecule has 0 radical (unpaired) electrons. The van der Waals surface area contributed by atoms with Crippen molar-refractivity contribution in [3.63, 3.8) is 0 Å². The van der Waals surface area contributed by atoms with Gasteiger partial charge in [0.05, 0.1) is 46.9 Å². The topological polar surface area (TPSA) is 374 Å². The lowest BCUT2D eigenvalue weighted by Gasteiger charge is -2.08. The number of thiophene rings is 6. The summed E-state index contributed by atoms with van der Waals surface area (Å²) in [5.41, 5.74) is -0.918. The number of nitrogens with one attached hydrogen (secondary N) is 5. The quantitative estimate of drug-likeness (QED) is 0.0303. The van der Waals surface area contributed by atoms with Crippen LogP contribution < -0.4 is 26.6 Å². The molecule has 9 aromatic rings. The number of hydrogen-bond acceptors (Lipinski definition) is 22. The van der Waals surface area contributed by atoms with Gasteiger partial charge in [-0.3, -0.25) is 74.5 Å². The normalized spacial score (nSPS) is 10.3. The zero-order chi connectivity index (χ0) is 67.3. The van der Waals surface area contributed by atoms with Gasteiger partial charge in [-0.25, -0.2) is 0 Å². The summed E-state index contributed by atoms with van der Waals surface area (Å²) in [5.74, 6) is -2.08. The number of furan rings is 1. The van der Waals surface area contributed by atoms with E-state index in [1.54, 1.807) is 82.5 Å². The predicted octanol–water partition coefficient (Wildman–Crippen LogP) is 17.7. The molecule has 0 unspecified atom stereocenters. The van der Waals surface area contributed by atoms with Crippen LogP contribution in [-0.2, 0) is 11.0 Å². The number of nitrogens with zero attached hydrogens (tertiary/aromatic N) is 5. The van der Waals surface area contributed by atoms with Crippen LogP contribution in [0.2, 0.25) is 0 Å². The fourth-order valence-corrected chi connectivity index (χ4v) is 12.3. The molecule has 486 valence electrons. The third-order valence-electron chi connectivity index (χ3n) is 11.3. The number of alkyl halides is 3. The highest BCUT2D eigenvalue weighted by atomic mass is 32.1. The van der Waals surface area contributed by atoms with Gasteiger partial charge in [-0.15, -0.1) is 68.0 Å². The summed E-state index contributed by atoms with van der Waals surface area (Å²) in [6.07, 6.45) is 1.36. The first-order chi connectivity index (χ1) is 42.9. The minimum absolute atomic E-state index is 0. The van der Waals surface area contributed by atoms with Crippen molar-refractivity contribution in [3.8, 4) is 0 Å². The Kier molecular flexibility index (Phi) is 28.2. The van der Waals surface area contributed by atoms with Crippen molar-refractivity contribution in [2.24, 2.45) is 0 Å². The van der Waals surface area contributed by atoms with Crippen molar-refractivity contribution < 1.29 is 66.2 Å². The second-order valence-electron chi connectivity index (χ2n) is 18.4. The number of benzene rings is 2. The summed E-state index contributed by atoms with van der Waals surface area (Å²) in [5, 5.41) is 69.3. The highest BCUT2D eigenvalue weighted by Gasteiger charge is 2.32. The van der Waals surface area contributed by atoms with E-state index in [9.17, 15) is 87.7 Å². The number of carbonyl (C=O) groups excluding carboxylic acids is 5. The molecule has 5 N–H and O–H groups in total. The number of hydrogen-bond donors (Lipinski definition) is 5. The lowest BCUT2D eigenvalue weighted by Crippen LogP contribution is -2.13. The fourth-order valence-electron chi connectivity index (χ4n) is 7.27. The first-order valence-electron chi connectivity index (χ1n) is 26.0. The maximum absolute atomic E-state index is 12.6. The van der Waals surface area contributed by atoms with E-state index in [1.807, 2.05) is 0 Å². The molecular weight excluding hydrogens is 1330 g/mol. The van der Waals surface area contributed by atoms with Crippen molar-refractivity contribution in [3.05, 3.63) is 223 Å². The molecule has 7 heterocycles. The molecule has 0 bridgehead atoms. The van der Waals surface area contributed by atoms with Crippen molar-refractivity contribution in [1.82, 2.24) is 0 Å². The Morgan fingerprint density at radius 2 is 0.848 bits per heavy atom. The number of amides is 5. The van der Waals surface area contributed by atoms with Crippen LogP contribution in [0.15, 0.2) is 125 Å². The maximum atomic E-state index is 12.6. The van der Waals surface area contributed by atoms with Crippen LogP contribution in [0.1, 0.15) is 111 Å². The van der Waals surface area contributed by atoms with Crippen LogP contribution in [0.25, 0.3) is 0 Å². The SMILES string of the molecule is C.CCCCCC(=O)Nc1sc(C)cc1[N+](=O)[O-].Cc1cc([N+](=O)[O-])c(NC(=O)c2cccc(C(F)(F)F)c2)s1.Cc1cc([N+](=O)[O-])c(NC(=O)c2ccccc2)s1.Cc1cc([N+](=O)[O-])c(NC(=O)c2cccs2)s1.Cc1cc([N+](=O)[O-])c(NC(=O)c2ccoc2)s1. The summed E-state index contributed by atoms with van der Waals surface area (Å²) in [6.45, 7) is 10.7. The number of anilines is 5. The summed E-state index contributed by atoms with van der Waals surface area (Å²) < 4.78 is 42.6. The van der Waals surface area contributed by atoms with Crippen LogP contribution in [0.5, 0.6) is 0 Å². The Balaban J connectivity index is 0.000000245. The predicted molar refractivity (Wildman–Crippen MR) is 351 cm³/mol. The van der Waals surface area contributed by atoms with Crippen LogP contribution in [-0.4, -0.2) is 54.2 Å². The van der Waals surface area contributed by atoms with Gasteiger partial charge in [-0.1, -0.05) is 57.5 Å². The molecule has 7 aromatic heterocycles. The first-order valence-corrected chi connectivity index (χ1v) is 31.0. The second-order valence-corrected chi connectivity index (χ2v) is 25.6. The molecule has 0 aliphatic rings. The molecule has 0 atom stereocenters. The molecule has 2 aromatic carbocycles. The summed E-state index contributed by atoms with van der Waals surface area (Å²) in [4.78, 5) is 114. The van der Waals surface area contributed by atoms with E-state index in [1.165, 1.54) is 100 Å². The molecule has 9 rings (SSSR count). The molecule has 0 spiro atoms. The average molecular weight is 1390 g/mol. The molecule has 0 fully saturated rings. The van der Waals surface area contributed by atoms with E-state index >= 15 is 0 Å². The van der Waals surface area contributed by atoms with Gasteiger partial charge in [-0.05, 0) is 88.9 Å². The Morgan fingerprint density at radius 3 is 1.21 bits per heavy atom. The largest absolute Gasteiger partial charge is 0.472 e. The number of rotatable bonds is 18.